The van der Waals surface area contributed by atoms with Gasteiger partial charge in [-0.15, -0.1) is 0 Å². The first-order valence-electron chi connectivity index (χ1n) is 9.65. The van der Waals surface area contributed by atoms with Crippen LogP contribution in [0.3, 0.4) is 0 Å². The van der Waals surface area contributed by atoms with E-state index in [1.807, 2.05) is 0 Å². The third kappa shape index (κ3) is 5.87. The zero-order valence-electron chi connectivity index (χ0n) is 16.3. The molecule has 2 aromatic carbocycles. The maximum absolute atomic E-state index is 12.9. The Morgan fingerprint density at radius 3 is 2.23 bits per heavy atom. The molecular weight excluding hydrogens is 411 g/mol. The van der Waals surface area contributed by atoms with Crippen LogP contribution < -0.4 is 5.32 Å². The van der Waals surface area contributed by atoms with Crippen molar-refractivity contribution in [2.75, 3.05) is 25.0 Å². The van der Waals surface area contributed by atoms with Crippen LogP contribution in [0.5, 0.6) is 0 Å². The van der Waals surface area contributed by atoms with Crippen molar-refractivity contribution in [3.05, 3.63) is 59.9 Å². The Morgan fingerprint density at radius 2 is 1.60 bits per heavy atom. The highest BCUT2D eigenvalue weighted by Gasteiger charge is 2.25. The van der Waals surface area contributed by atoms with Gasteiger partial charge in [0.15, 0.2) is 6.61 Å². The molecule has 0 bridgehead atoms. The number of halogens is 1. The Kier molecular flexibility index (Phi) is 7.17. The molecule has 0 unspecified atom stereocenters. The van der Waals surface area contributed by atoms with E-state index in [4.69, 9.17) is 4.74 Å². The van der Waals surface area contributed by atoms with Gasteiger partial charge in [-0.2, -0.15) is 4.31 Å². The van der Waals surface area contributed by atoms with E-state index in [1.54, 1.807) is 0 Å². The molecule has 0 radical (unpaired) electrons. The molecule has 160 valence electrons. The maximum atomic E-state index is 12.9. The third-order valence-electron chi connectivity index (χ3n) is 4.72. The molecule has 1 aliphatic heterocycles. The smallest absolute Gasteiger partial charge is 0.310 e. The zero-order valence-corrected chi connectivity index (χ0v) is 17.2. The van der Waals surface area contributed by atoms with E-state index >= 15 is 0 Å². The highest BCUT2D eigenvalue weighted by molar-refractivity contribution is 7.89. The van der Waals surface area contributed by atoms with Gasteiger partial charge in [-0.3, -0.25) is 9.59 Å². The number of carbonyl (C=O) groups excluding carboxylic acids is 2. The summed E-state index contributed by atoms with van der Waals surface area (Å²) >= 11 is 0. The molecule has 1 amide bonds. The van der Waals surface area contributed by atoms with Crippen LogP contribution >= 0.6 is 0 Å². The van der Waals surface area contributed by atoms with Crippen LogP contribution in [0.4, 0.5) is 10.1 Å². The third-order valence-corrected chi connectivity index (χ3v) is 6.63. The van der Waals surface area contributed by atoms with Crippen molar-refractivity contribution < 1.29 is 27.1 Å². The average Bonchev–Trinajstić information content (AvgIpc) is 2.75. The highest BCUT2D eigenvalue weighted by Crippen LogP contribution is 2.22. The van der Waals surface area contributed by atoms with E-state index in [0.717, 1.165) is 19.3 Å². The van der Waals surface area contributed by atoms with Crippen molar-refractivity contribution in [3.8, 4) is 0 Å². The Labute approximate surface area is 174 Å². The van der Waals surface area contributed by atoms with E-state index < -0.39 is 34.3 Å². The van der Waals surface area contributed by atoms with Gasteiger partial charge in [0, 0.05) is 18.8 Å². The molecule has 9 heteroatoms. The maximum Gasteiger partial charge on any atom is 0.310 e. The molecule has 7 nitrogen and oxygen atoms in total. The number of anilines is 1. The minimum absolute atomic E-state index is 0.0728. The summed E-state index contributed by atoms with van der Waals surface area (Å²) in [5.74, 6) is -1.56. The fourth-order valence-corrected chi connectivity index (χ4v) is 4.64. The number of hydrogen-bond acceptors (Lipinski definition) is 5. The zero-order chi connectivity index (χ0) is 21.6. The summed E-state index contributed by atoms with van der Waals surface area (Å²) in [7, 11) is -3.53. The van der Waals surface area contributed by atoms with Crippen LogP contribution in [0.25, 0.3) is 0 Å². The molecule has 3 rings (SSSR count). The number of esters is 1. The SMILES string of the molecule is O=C(COC(=O)Cc1ccc(F)cc1)Nc1ccc(S(=O)(=O)N2CCCCC2)cc1. The van der Waals surface area contributed by atoms with Gasteiger partial charge < -0.3 is 10.1 Å². The molecule has 2 aromatic rings. The Morgan fingerprint density at radius 1 is 0.967 bits per heavy atom. The fourth-order valence-electron chi connectivity index (χ4n) is 3.13. The van der Waals surface area contributed by atoms with Crippen molar-refractivity contribution in [3.63, 3.8) is 0 Å². The number of rotatable bonds is 7. The predicted molar refractivity (Wildman–Crippen MR) is 109 cm³/mol. The van der Waals surface area contributed by atoms with Gasteiger partial charge in [-0.25, -0.2) is 12.8 Å². The van der Waals surface area contributed by atoms with Gasteiger partial charge in [0.1, 0.15) is 5.82 Å². The standard InChI is InChI=1S/C21H23FN2O5S/c22-17-6-4-16(5-7-17)14-21(26)29-15-20(25)23-18-8-10-19(11-9-18)30(27,28)24-12-2-1-3-13-24/h4-11H,1-3,12-15H2,(H,23,25). The Bertz CT molecular complexity index is 985. The van der Waals surface area contributed by atoms with Crippen LogP contribution in [0, 0.1) is 5.82 Å². The van der Waals surface area contributed by atoms with E-state index in [2.05, 4.69) is 5.32 Å². The normalized spacial score (nSPS) is 14.8. The first-order chi connectivity index (χ1) is 14.3. The molecule has 0 spiro atoms. The van der Waals surface area contributed by atoms with E-state index in [9.17, 15) is 22.4 Å². The lowest BCUT2D eigenvalue weighted by molar-refractivity contribution is -0.146. The van der Waals surface area contributed by atoms with Crippen molar-refractivity contribution >= 4 is 27.6 Å². The topological polar surface area (TPSA) is 92.8 Å². The molecule has 1 heterocycles. The summed E-state index contributed by atoms with van der Waals surface area (Å²) in [6.45, 7) is 0.558. The molecular formula is C21H23FN2O5S. The predicted octanol–water partition coefficient (Wildman–Crippen LogP) is 2.72. The van der Waals surface area contributed by atoms with Gasteiger partial charge in [-0.1, -0.05) is 18.6 Å². The second kappa shape index (κ2) is 9.82. The van der Waals surface area contributed by atoms with Gasteiger partial charge in [0.25, 0.3) is 5.91 Å². The number of nitrogens with one attached hydrogen (secondary N) is 1. The Balaban J connectivity index is 1.49. The molecule has 0 aromatic heterocycles. The molecule has 30 heavy (non-hydrogen) atoms. The minimum Gasteiger partial charge on any atom is -0.455 e. The lowest BCUT2D eigenvalue weighted by Gasteiger charge is -2.25. The summed E-state index contributed by atoms with van der Waals surface area (Å²) in [6.07, 6.45) is 2.67. The first-order valence-corrected chi connectivity index (χ1v) is 11.1. The summed E-state index contributed by atoms with van der Waals surface area (Å²) in [5, 5.41) is 2.55. The molecule has 1 N–H and O–H groups in total. The fraction of sp³-hybridized carbons (Fsp3) is 0.333. The van der Waals surface area contributed by atoms with Crippen molar-refractivity contribution in [1.29, 1.82) is 0 Å². The molecule has 1 saturated heterocycles. The van der Waals surface area contributed by atoms with Crippen molar-refractivity contribution in [2.45, 2.75) is 30.6 Å². The minimum atomic E-state index is -3.53. The number of piperidine rings is 1. The quantitative estimate of drug-likeness (QED) is 0.677. The number of amides is 1. The van der Waals surface area contributed by atoms with Crippen molar-refractivity contribution in [1.82, 2.24) is 4.31 Å². The van der Waals surface area contributed by atoms with E-state index in [-0.39, 0.29) is 11.3 Å². The number of benzene rings is 2. The van der Waals surface area contributed by atoms with E-state index in [1.165, 1.54) is 52.8 Å². The first kappa shape index (κ1) is 21.9. The number of ether oxygens (including phenoxy) is 1. The number of nitrogens with zero attached hydrogens (tertiary/aromatic N) is 1. The monoisotopic (exact) mass is 434 g/mol. The van der Waals surface area contributed by atoms with Crippen LogP contribution in [-0.2, 0) is 30.8 Å². The average molecular weight is 434 g/mol. The molecule has 1 fully saturated rings. The summed E-state index contributed by atoms with van der Waals surface area (Å²) in [4.78, 5) is 23.9. The van der Waals surface area contributed by atoms with Crippen LogP contribution in [0.1, 0.15) is 24.8 Å². The van der Waals surface area contributed by atoms with Gasteiger partial charge >= 0.3 is 5.97 Å². The second-order valence-electron chi connectivity index (χ2n) is 7.00. The van der Waals surface area contributed by atoms with Crippen LogP contribution in [0.2, 0.25) is 0 Å². The number of hydrogen-bond donors (Lipinski definition) is 1. The van der Waals surface area contributed by atoms with Crippen LogP contribution in [0.15, 0.2) is 53.4 Å². The molecule has 1 aliphatic rings. The summed E-state index contributed by atoms with van der Waals surface area (Å²) in [5.41, 5.74) is 0.972. The Hall–Kier alpha value is -2.78. The molecule has 0 aliphatic carbocycles. The number of sulfonamides is 1. The van der Waals surface area contributed by atoms with Gasteiger partial charge in [-0.05, 0) is 54.8 Å². The van der Waals surface area contributed by atoms with Gasteiger partial charge in [0.05, 0.1) is 11.3 Å². The second-order valence-corrected chi connectivity index (χ2v) is 8.94. The summed E-state index contributed by atoms with van der Waals surface area (Å²) in [6, 6.07) is 11.3. The largest absolute Gasteiger partial charge is 0.455 e. The molecule has 0 atom stereocenters. The summed E-state index contributed by atoms with van der Waals surface area (Å²) < 4.78 is 44.5. The molecule has 0 saturated carbocycles. The lowest BCUT2D eigenvalue weighted by Crippen LogP contribution is -2.35. The lowest BCUT2D eigenvalue weighted by atomic mass is 10.1. The van der Waals surface area contributed by atoms with Crippen molar-refractivity contribution in [2.24, 2.45) is 0 Å². The van der Waals surface area contributed by atoms with E-state index in [0.29, 0.717) is 24.3 Å². The van der Waals surface area contributed by atoms with Crippen LogP contribution in [-0.4, -0.2) is 44.3 Å². The highest BCUT2D eigenvalue weighted by atomic mass is 32.2. The number of carbonyl (C=O) groups is 2. The van der Waals surface area contributed by atoms with Gasteiger partial charge in [0.2, 0.25) is 10.0 Å².